The van der Waals surface area contributed by atoms with Crippen molar-refractivity contribution in [1.82, 2.24) is 5.32 Å². The minimum absolute atomic E-state index is 0.0971. The molecule has 0 heterocycles. The first-order valence-electron chi connectivity index (χ1n) is 7.37. The van der Waals surface area contributed by atoms with Crippen LogP contribution in [-0.4, -0.2) is 27.2 Å². The SMILES string of the molecule is C[C@@H](CNC(=O)Nc1cc(S(C)(=O)=O)ccc1Cl)c1ccccc1. The molecule has 5 nitrogen and oxygen atoms in total. The van der Waals surface area contributed by atoms with Crippen LogP contribution in [0.25, 0.3) is 0 Å². The number of halogens is 1. The van der Waals surface area contributed by atoms with Crippen LogP contribution in [0.5, 0.6) is 0 Å². The van der Waals surface area contributed by atoms with Gasteiger partial charge in [-0.05, 0) is 29.7 Å². The fourth-order valence-electron chi connectivity index (χ4n) is 2.14. The Morgan fingerprint density at radius 3 is 2.46 bits per heavy atom. The van der Waals surface area contributed by atoms with Crippen LogP contribution < -0.4 is 10.6 Å². The lowest BCUT2D eigenvalue weighted by Crippen LogP contribution is -2.31. The highest BCUT2D eigenvalue weighted by Crippen LogP contribution is 2.25. The van der Waals surface area contributed by atoms with E-state index in [1.54, 1.807) is 0 Å². The van der Waals surface area contributed by atoms with Crippen LogP contribution in [0.3, 0.4) is 0 Å². The fourth-order valence-corrected chi connectivity index (χ4v) is 2.95. The smallest absolute Gasteiger partial charge is 0.319 e. The van der Waals surface area contributed by atoms with Crippen molar-refractivity contribution in [2.75, 3.05) is 18.1 Å². The number of anilines is 1. The lowest BCUT2D eigenvalue weighted by Gasteiger charge is -2.14. The molecule has 0 aliphatic heterocycles. The summed E-state index contributed by atoms with van der Waals surface area (Å²) in [6, 6.07) is 13.6. The molecule has 0 bridgehead atoms. The highest BCUT2D eigenvalue weighted by Gasteiger charge is 2.13. The number of rotatable bonds is 5. The van der Waals surface area contributed by atoms with Crippen LogP contribution in [0, 0.1) is 0 Å². The molecular formula is C17H19ClN2O3S. The summed E-state index contributed by atoms with van der Waals surface area (Å²) in [7, 11) is -3.37. The number of benzene rings is 2. The molecule has 0 spiro atoms. The van der Waals surface area contributed by atoms with E-state index in [-0.39, 0.29) is 21.5 Å². The molecule has 0 aliphatic rings. The van der Waals surface area contributed by atoms with Crippen LogP contribution in [0.15, 0.2) is 53.4 Å². The predicted molar refractivity (Wildman–Crippen MR) is 96.4 cm³/mol. The number of amides is 2. The van der Waals surface area contributed by atoms with E-state index >= 15 is 0 Å². The number of hydrogen-bond acceptors (Lipinski definition) is 3. The first-order chi connectivity index (χ1) is 11.3. The van der Waals surface area contributed by atoms with Crippen molar-refractivity contribution in [3.8, 4) is 0 Å². The molecule has 0 unspecified atom stereocenters. The van der Waals surface area contributed by atoms with Gasteiger partial charge in [-0.2, -0.15) is 0 Å². The summed E-state index contributed by atoms with van der Waals surface area (Å²) in [4.78, 5) is 12.1. The van der Waals surface area contributed by atoms with Crippen LogP contribution in [-0.2, 0) is 9.84 Å². The second-order valence-corrected chi connectivity index (χ2v) is 7.98. The average Bonchev–Trinajstić information content (AvgIpc) is 2.54. The topological polar surface area (TPSA) is 75.3 Å². The van der Waals surface area contributed by atoms with E-state index in [1.165, 1.54) is 18.2 Å². The number of urea groups is 1. The van der Waals surface area contributed by atoms with Crippen molar-refractivity contribution in [2.45, 2.75) is 17.7 Å². The monoisotopic (exact) mass is 366 g/mol. The summed E-state index contributed by atoms with van der Waals surface area (Å²) >= 11 is 6.01. The van der Waals surface area contributed by atoms with Gasteiger partial charge in [0.05, 0.1) is 15.6 Å². The summed E-state index contributed by atoms with van der Waals surface area (Å²) in [5.41, 5.74) is 1.37. The minimum Gasteiger partial charge on any atom is -0.337 e. The molecular weight excluding hydrogens is 348 g/mol. The predicted octanol–water partition coefficient (Wildman–Crippen LogP) is 3.67. The molecule has 7 heteroatoms. The quantitative estimate of drug-likeness (QED) is 0.847. The number of sulfone groups is 1. The molecule has 2 aromatic carbocycles. The Morgan fingerprint density at radius 2 is 1.83 bits per heavy atom. The van der Waals surface area contributed by atoms with Gasteiger partial charge < -0.3 is 10.6 Å². The summed E-state index contributed by atoms with van der Waals surface area (Å²) in [5, 5.41) is 5.61. The normalized spacial score (nSPS) is 12.5. The number of hydrogen-bond donors (Lipinski definition) is 2. The third kappa shape index (κ3) is 4.97. The summed E-state index contributed by atoms with van der Waals surface area (Å²) in [6.45, 7) is 2.45. The molecule has 0 saturated carbocycles. The van der Waals surface area contributed by atoms with Crippen LogP contribution in [0.1, 0.15) is 18.4 Å². The molecule has 0 aromatic heterocycles. The first kappa shape index (κ1) is 18.3. The maximum atomic E-state index is 12.0. The lowest BCUT2D eigenvalue weighted by atomic mass is 10.0. The van der Waals surface area contributed by atoms with E-state index in [4.69, 9.17) is 11.6 Å². The van der Waals surface area contributed by atoms with E-state index in [2.05, 4.69) is 10.6 Å². The third-order valence-corrected chi connectivity index (χ3v) is 4.99. The molecule has 0 saturated heterocycles. The van der Waals surface area contributed by atoms with Crippen molar-refractivity contribution >= 4 is 33.2 Å². The molecule has 1 atom stereocenters. The van der Waals surface area contributed by atoms with Gasteiger partial charge in [-0.3, -0.25) is 0 Å². The largest absolute Gasteiger partial charge is 0.337 e. The molecule has 2 aromatic rings. The van der Waals surface area contributed by atoms with E-state index in [1.807, 2.05) is 37.3 Å². The van der Waals surface area contributed by atoms with Crippen molar-refractivity contribution in [3.05, 3.63) is 59.1 Å². The van der Waals surface area contributed by atoms with Gasteiger partial charge in [-0.25, -0.2) is 13.2 Å². The molecule has 24 heavy (non-hydrogen) atoms. The summed E-state index contributed by atoms with van der Waals surface area (Å²) in [5.74, 6) is 0.148. The Balaban J connectivity index is 2.00. The second kappa shape index (κ2) is 7.68. The van der Waals surface area contributed by atoms with Gasteiger partial charge >= 0.3 is 6.03 Å². The number of nitrogens with one attached hydrogen (secondary N) is 2. The third-order valence-electron chi connectivity index (χ3n) is 3.55. The van der Waals surface area contributed by atoms with Gasteiger partial charge in [-0.15, -0.1) is 0 Å². The van der Waals surface area contributed by atoms with Crippen LogP contribution in [0.4, 0.5) is 10.5 Å². The zero-order valence-corrected chi connectivity index (χ0v) is 15.0. The maximum absolute atomic E-state index is 12.0. The van der Waals surface area contributed by atoms with Crippen molar-refractivity contribution < 1.29 is 13.2 Å². The Morgan fingerprint density at radius 1 is 1.17 bits per heavy atom. The molecule has 128 valence electrons. The van der Waals surface area contributed by atoms with Crippen LogP contribution >= 0.6 is 11.6 Å². The molecule has 2 N–H and O–H groups in total. The molecule has 2 amide bonds. The van der Waals surface area contributed by atoms with Gasteiger partial charge in [0.2, 0.25) is 0 Å². The highest BCUT2D eigenvalue weighted by molar-refractivity contribution is 7.90. The minimum atomic E-state index is -3.37. The average molecular weight is 367 g/mol. The summed E-state index contributed by atoms with van der Waals surface area (Å²) in [6.07, 6.45) is 1.10. The van der Waals surface area contributed by atoms with E-state index in [9.17, 15) is 13.2 Å². The van der Waals surface area contributed by atoms with Gasteiger partial charge in [0, 0.05) is 12.8 Å². The van der Waals surface area contributed by atoms with E-state index < -0.39 is 15.9 Å². The standard InChI is InChI=1S/C17H19ClN2O3S/c1-12(13-6-4-3-5-7-13)11-19-17(21)20-16-10-14(24(2,22)23)8-9-15(16)18/h3-10,12H,11H2,1-2H3,(H2,19,20,21)/t12-/m0/s1. The highest BCUT2D eigenvalue weighted by atomic mass is 35.5. The first-order valence-corrected chi connectivity index (χ1v) is 9.63. The van der Waals surface area contributed by atoms with Crippen LogP contribution in [0.2, 0.25) is 5.02 Å². The van der Waals surface area contributed by atoms with Crippen molar-refractivity contribution in [3.63, 3.8) is 0 Å². The second-order valence-electron chi connectivity index (χ2n) is 5.56. The van der Waals surface area contributed by atoms with Crippen molar-refractivity contribution in [2.24, 2.45) is 0 Å². The van der Waals surface area contributed by atoms with Gasteiger partial charge in [0.15, 0.2) is 9.84 Å². The zero-order chi connectivity index (χ0) is 17.7. The molecule has 0 fully saturated rings. The molecule has 2 rings (SSSR count). The Hall–Kier alpha value is -2.05. The van der Waals surface area contributed by atoms with Gasteiger partial charge in [0.1, 0.15) is 0 Å². The molecule has 0 radical (unpaired) electrons. The maximum Gasteiger partial charge on any atom is 0.319 e. The number of carbonyl (C=O) groups excluding carboxylic acids is 1. The lowest BCUT2D eigenvalue weighted by molar-refractivity contribution is 0.251. The Bertz CT molecular complexity index is 823. The van der Waals surface area contributed by atoms with Gasteiger partial charge in [0.25, 0.3) is 0 Å². The van der Waals surface area contributed by atoms with E-state index in [0.717, 1.165) is 11.8 Å². The number of carbonyl (C=O) groups is 1. The van der Waals surface area contributed by atoms with Gasteiger partial charge in [-0.1, -0.05) is 48.9 Å². The van der Waals surface area contributed by atoms with E-state index in [0.29, 0.717) is 6.54 Å². The molecule has 0 aliphatic carbocycles. The Labute approximate surface area is 147 Å². The van der Waals surface area contributed by atoms with Crippen molar-refractivity contribution in [1.29, 1.82) is 0 Å². The summed E-state index contributed by atoms with van der Waals surface area (Å²) < 4.78 is 23.2. The fraction of sp³-hybridized carbons (Fsp3) is 0.235. The zero-order valence-electron chi connectivity index (χ0n) is 13.4. The Kier molecular flexibility index (Phi) is 5.85.